The summed E-state index contributed by atoms with van der Waals surface area (Å²) in [5.74, 6) is 0. The lowest BCUT2D eigenvalue weighted by Gasteiger charge is -2.13. The van der Waals surface area contributed by atoms with Crippen LogP contribution in [0.3, 0.4) is 0 Å². The summed E-state index contributed by atoms with van der Waals surface area (Å²) in [6.45, 7) is 6.41. The molecule has 0 aliphatic rings. The minimum atomic E-state index is 0.190. The Morgan fingerprint density at radius 1 is 1.29 bits per heavy atom. The van der Waals surface area contributed by atoms with E-state index < -0.39 is 0 Å². The van der Waals surface area contributed by atoms with Crippen molar-refractivity contribution in [2.75, 3.05) is 54.1 Å². The molecule has 4 heteroatoms. The molecule has 0 fully saturated rings. The first kappa shape index (κ1) is 13.8. The Bertz CT molecular complexity index is 121. The predicted octanol–water partition coefficient (Wildman–Crippen LogP) is 0.189. The molecule has 0 heterocycles. The van der Waals surface area contributed by atoms with Gasteiger partial charge in [0.15, 0.2) is 0 Å². The second kappa shape index (κ2) is 9.40. The minimum Gasteiger partial charge on any atom is -0.382 e. The van der Waals surface area contributed by atoms with E-state index in [4.69, 9.17) is 9.47 Å². The normalized spacial score (nSPS) is 13.5. The lowest BCUT2D eigenvalue weighted by atomic mass is 10.4. The van der Waals surface area contributed by atoms with Crippen LogP contribution in [-0.2, 0) is 9.47 Å². The second-order valence-electron chi connectivity index (χ2n) is 3.69. The molecule has 0 amide bonds. The average molecular weight is 204 g/mol. The van der Waals surface area contributed by atoms with Gasteiger partial charge in [-0.2, -0.15) is 0 Å². The molecule has 0 saturated heterocycles. The third-order valence-corrected chi connectivity index (χ3v) is 1.82. The Balaban J connectivity index is 3.05. The van der Waals surface area contributed by atoms with Gasteiger partial charge >= 0.3 is 0 Å². The van der Waals surface area contributed by atoms with Gasteiger partial charge in [0.25, 0.3) is 0 Å². The number of methoxy groups -OCH3 is 1. The van der Waals surface area contributed by atoms with Crippen LogP contribution in [0.4, 0.5) is 0 Å². The van der Waals surface area contributed by atoms with E-state index in [1.807, 2.05) is 6.92 Å². The van der Waals surface area contributed by atoms with Crippen LogP contribution in [0.5, 0.6) is 0 Å². The molecular formula is C10H24N2O2. The highest BCUT2D eigenvalue weighted by Crippen LogP contribution is 1.89. The summed E-state index contributed by atoms with van der Waals surface area (Å²) in [6, 6.07) is 0. The van der Waals surface area contributed by atoms with Gasteiger partial charge in [-0.1, -0.05) is 0 Å². The zero-order valence-electron chi connectivity index (χ0n) is 9.88. The molecule has 0 aromatic heterocycles. The van der Waals surface area contributed by atoms with Gasteiger partial charge in [0.05, 0.1) is 19.3 Å². The van der Waals surface area contributed by atoms with E-state index in [2.05, 4.69) is 24.3 Å². The predicted molar refractivity (Wildman–Crippen MR) is 58.7 cm³/mol. The molecule has 1 unspecified atom stereocenters. The van der Waals surface area contributed by atoms with Gasteiger partial charge < -0.3 is 19.7 Å². The first-order valence-electron chi connectivity index (χ1n) is 5.12. The number of hydrogen-bond donors (Lipinski definition) is 1. The van der Waals surface area contributed by atoms with Gasteiger partial charge in [-0.15, -0.1) is 0 Å². The van der Waals surface area contributed by atoms with Gasteiger partial charge in [-0.25, -0.2) is 0 Å². The lowest BCUT2D eigenvalue weighted by molar-refractivity contribution is 0.0107. The largest absolute Gasteiger partial charge is 0.382 e. The van der Waals surface area contributed by atoms with Crippen LogP contribution in [0, 0.1) is 0 Å². The highest BCUT2D eigenvalue weighted by atomic mass is 16.5. The number of nitrogens with zero attached hydrogens (tertiary/aromatic N) is 1. The molecule has 14 heavy (non-hydrogen) atoms. The maximum atomic E-state index is 5.49. The molecule has 0 radical (unpaired) electrons. The van der Waals surface area contributed by atoms with Gasteiger partial charge in [0.2, 0.25) is 0 Å². The molecule has 0 saturated carbocycles. The second-order valence-corrected chi connectivity index (χ2v) is 3.69. The third-order valence-electron chi connectivity index (χ3n) is 1.82. The summed E-state index contributed by atoms with van der Waals surface area (Å²) >= 11 is 0. The zero-order chi connectivity index (χ0) is 10.8. The van der Waals surface area contributed by atoms with Crippen molar-refractivity contribution in [3.63, 3.8) is 0 Å². The van der Waals surface area contributed by atoms with Gasteiger partial charge in [0.1, 0.15) is 0 Å². The molecule has 86 valence electrons. The Hall–Kier alpha value is -0.160. The van der Waals surface area contributed by atoms with Crippen molar-refractivity contribution >= 4 is 0 Å². The van der Waals surface area contributed by atoms with E-state index in [1.165, 1.54) is 0 Å². The summed E-state index contributed by atoms with van der Waals surface area (Å²) in [5.41, 5.74) is 0. The lowest BCUT2D eigenvalue weighted by Crippen LogP contribution is -2.30. The van der Waals surface area contributed by atoms with Crippen molar-refractivity contribution in [2.45, 2.75) is 13.0 Å². The molecule has 1 N–H and O–H groups in total. The van der Waals surface area contributed by atoms with E-state index in [0.29, 0.717) is 6.61 Å². The Kier molecular flexibility index (Phi) is 9.29. The quantitative estimate of drug-likeness (QED) is 0.544. The summed E-state index contributed by atoms with van der Waals surface area (Å²) in [7, 11) is 5.83. The van der Waals surface area contributed by atoms with Crippen LogP contribution in [0.2, 0.25) is 0 Å². The molecular weight excluding hydrogens is 180 g/mol. The SMILES string of the molecule is COCC(C)OCCNCCN(C)C. The summed E-state index contributed by atoms with van der Waals surface area (Å²) in [4.78, 5) is 2.15. The van der Waals surface area contributed by atoms with Crippen LogP contribution in [0.25, 0.3) is 0 Å². The van der Waals surface area contributed by atoms with E-state index in [-0.39, 0.29) is 6.10 Å². The maximum absolute atomic E-state index is 5.49. The van der Waals surface area contributed by atoms with Crippen LogP contribution in [-0.4, -0.2) is 65.1 Å². The molecule has 0 bridgehead atoms. The van der Waals surface area contributed by atoms with Gasteiger partial charge in [-0.3, -0.25) is 0 Å². The molecule has 0 spiro atoms. The van der Waals surface area contributed by atoms with E-state index >= 15 is 0 Å². The van der Waals surface area contributed by atoms with Crippen molar-refractivity contribution in [2.24, 2.45) is 0 Å². The summed E-state index contributed by atoms with van der Waals surface area (Å²) in [5, 5.41) is 3.31. The van der Waals surface area contributed by atoms with Crippen molar-refractivity contribution in [3.8, 4) is 0 Å². The Morgan fingerprint density at radius 3 is 2.57 bits per heavy atom. The van der Waals surface area contributed by atoms with Crippen LogP contribution < -0.4 is 5.32 Å². The monoisotopic (exact) mass is 204 g/mol. The first-order valence-corrected chi connectivity index (χ1v) is 5.12. The van der Waals surface area contributed by atoms with E-state index in [0.717, 1.165) is 26.2 Å². The molecule has 0 aliphatic carbocycles. The Morgan fingerprint density at radius 2 is 2.00 bits per heavy atom. The molecule has 0 aliphatic heterocycles. The fraction of sp³-hybridized carbons (Fsp3) is 1.00. The molecule has 1 atom stereocenters. The maximum Gasteiger partial charge on any atom is 0.0780 e. The van der Waals surface area contributed by atoms with E-state index in [1.54, 1.807) is 7.11 Å². The molecule has 0 aromatic carbocycles. The van der Waals surface area contributed by atoms with Crippen molar-refractivity contribution in [1.82, 2.24) is 10.2 Å². The van der Waals surface area contributed by atoms with Crippen molar-refractivity contribution in [3.05, 3.63) is 0 Å². The van der Waals surface area contributed by atoms with Crippen LogP contribution >= 0.6 is 0 Å². The van der Waals surface area contributed by atoms with Crippen molar-refractivity contribution < 1.29 is 9.47 Å². The molecule has 0 rings (SSSR count). The van der Waals surface area contributed by atoms with Crippen LogP contribution in [0.15, 0.2) is 0 Å². The topological polar surface area (TPSA) is 33.7 Å². The average Bonchev–Trinajstić information content (AvgIpc) is 2.11. The van der Waals surface area contributed by atoms with Gasteiger partial charge in [-0.05, 0) is 21.0 Å². The fourth-order valence-electron chi connectivity index (χ4n) is 1.04. The van der Waals surface area contributed by atoms with Crippen LogP contribution in [0.1, 0.15) is 6.92 Å². The number of ether oxygens (including phenoxy) is 2. The smallest absolute Gasteiger partial charge is 0.0780 e. The first-order chi connectivity index (χ1) is 6.66. The van der Waals surface area contributed by atoms with E-state index in [9.17, 15) is 0 Å². The standard InChI is InChI=1S/C10H24N2O2/c1-10(9-13-4)14-8-6-11-5-7-12(2)3/h10-11H,5-9H2,1-4H3. The number of rotatable bonds is 9. The Labute approximate surface area is 87.6 Å². The summed E-state index contributed by atoms with van der Waals surface area (Å²) in [6.07, 6.45) is 0.190. The third kappa shape index (κ3) is 9.92. The summed E-state index contributed by atoms with van der Waals surface area (Å²) < 4.78 is 10.4. The number of likely N-dealkylation sites (N-methyl/N-ethyl adjacent to an activating group) is 1. The highest BCUT2D eigenvalue weighted by molar-refractivity contribution is 4.51. The zero-order valence-corrected chi connectivity index (χ0v) is 9.88. The highest BCUT2D eigenvalue weighted by Gasteiger charge is 1.99. The number of nitrogens with one attached hydrogen (secondary N) is 1. The number of hydrogen-bond acceptors (Lipinski definition) is 4. The van der Waals surface area contributed by atoms with Gasteiger partial charge in [0, 0.05) is 26.7 Å². The minimum absolute atomic E-state index is 0.190. The fourth-order valence-corrected chi connectivity index (χ4v) is 1.04. The molecule has 0 aromatic rings. The molecule has 4 nitrogen and oxygen atoms in total. The van der Waals surface area contributed by atoms with Crippen molar-refractivity contribution in [1.29, 1.82) is 0 Å².